The summed E-state index contributed by atoms with van der Waals surface area (Å²) in [7, 11) is 0. The molecule has 3 aromatic carbocycles. The number of rotatable bonds is 11. The Morgan fingerprint density at radius 2 is 1.62 bits per heavy atom. The second kappa shape index (κ2) is 11.6. The Kier molecular flexibility index (Phi) is 7.62. The highest BCUT2D eigenvalue weighted by Gasteiger charge is 2.23. The van der Waals surface area contributed by atoms with Crippen LogP contribution in [0.3, 0.4) is 0 Å². The maximum atomic E-state index is 13.1. The normalized spacial score (nSPS) is 12.8. The highest BCUT2D eigenvalue weighted by atomic mass is 16.5. The molecule has 5 rings (SSSR count). The lowest BCUT2D eigenvalue weighted by molar-refractivity contribution is -0.117. The van der Waals surface area contributed by atoms with Crippen molar-refractivity contribution in [1.29, 1.82) is 0 Å². The average molecular weight is 496 g/mol. The smallest absolute Gasteiger partial charge is 0.251 e. The Balaban J connectivity index is 1.25. The average Bonchev–Trinajstić information content (AvgIpc) is 3.57. The number of ether oxygens (including phenoxy) is 1. The molecule has 2 N–H and O–H groups in total. The zero-order chi connectivity index (χ0) is 25.5. The van der Waals surface area contributed by atoms with Gasteiger partial charge in [0.1, 0.15) is 11.5 Å². The number of amides is 2. The van der Waals surface area contributed by atoms with Gasteiger partial charge in [0.25, 0.3) is 5.91 Å². The molecule has 37 heavy (non-hydrogen) atoms. The molecule has 1 saturated carbocycles. The molecule has 7 nitrogen and oxygen atoms in total. The minimum absolute atomic E-state index is 0.0442. The van der Waals surface area contributed by atoms with E-state index in [0.717, 1.165) is 24.2 Å². The maximum absolute atomic E-state index is 13.1. The van der Waals surface area contributed by atoms with Gasteiger partial charge in [-0.05, 0) is 66.9 Å². The van der Waals surface area contributed by atoms with Crippen LogP contribution in [-0.2, 0) is 17.9 Å². The van der Waals surface area contributed by atoms with Crippen molar-refractivity contribution in [2.24, 2.45) is 0 Å². The first-order valence-electron chi connectivity index (χ1n) is 12.4. The summed E-state index contributed by atoms with van der Waals surface area (Å²) in [5, 5.41) is 5.99. The largest absolute Gasteiger partial charge is 0.468 e. The number of para-hydroxylation sites is 3. The second-order valence-corrected chi connectivity index (χ2v) is 9.13. The third-order valence-corrected chi connectivity index (χ3v) is 5.99. The summed E-state index contributed by atoms with van der Waals surface area (Å²) in [4.78, 5) is 27.4. The molecule has 0 atom stereocenters. The molecule has 188 valence electrons. The number of hydrogen-bond donors (Lipinski definition) is 2. The lowest BCUT2D eigenvalue weighted by Crippen LogP contribution is -2.32. The van der Waals surface area contributed by atoms with E-state index in [2.05, 4.69) is 10.6 Å². The summed E-state index contributed by atoms with van der Waals surface area (Å²) >= 11 is 0. The molecule has 1 heterocycles. The number of carbonyl (C=O) groups excluding carboxylic acids is 2. The fourth-order valence-electron chi connectivity index (χ4n) is 3.97. The number of furan rings is 1. The summed E-state index contributed by atoms with van der Waals surface area (Å²) in [5.41, 5.74) is 2.23. The summed E-state index contributed by atoms with van der Waals surface area (Å²) in [6.45, 7) is 1.12. The third kappa shape index (κ3) is 7.08. The van der Waals surface area contributed by atoms with E-state index < -0.39 is 0 Å². The van der Waals surface area contributed by atoms with Crippen LogP contribution >= 0.6 is 0 Å². The molecular formula is C30H29N3O4. The van der Waals surface area contributed by atoms with Crippen molar-refractivity contribution in [3.05, 3.63) is 114 Å². The summed E-state index contributed by atoms with van der Waals surface area (Å²) in [5.74, 6) is 1.81. The van der Waals surface area contributed by atoms with E-state index in [4.69, 9.17) is 9.15 Å². The van der Waals surface area contributed by atoms with Crippen molar-refractivity contribution in [3.8, 4) is 11.5 Å². The molecule has 2 amide bonds. The molecule has 1 aromatic heterocycles. The van der Waals surface area contributed by atoms with Crippen LogP contribution < -0.4 is 15.4 Å². The molecule has 1 fully saturated rings. The minimum atomic E-state index is -0.170. The quantitative estimate of drug-likeness (QED) is 0.283. The Labute approximate surface area is 216 Å². The van der Waals surface area contributed by atoms with Crippen LogP contribution in [0.25, 0.3) is 0 Å². The minimum Gasteiger partial charge on any atom is -0.468 e. The topological polar surface area (TPSA) is 83.8 Å². The molecule has 0 bridgehead atoms. The van der Waals surface area contributed by atoms with E-state index in [1.165, 1.54) is 0 Å². The molecule has 0 saturated heterocycles. The number of hydrogen-bond acceptors (Lipinski definition) is 5. The van der Waals surface area contributed by atoms with Crippen molar-refractivity contribution in [2.75, 3.05) is 11.9 Å². The summed E-state index contributed by atoms with van der Waals surface area (Å²) in [6, 6.07) is 28.4. The predicted octanol–water partition coefficient (Wildman–Crippen LogP) is 5.61. The van der Waals surface area contributed by atoms with Gasteiger partial charge in [0.15, 0.2) is 5.75 Å². The van der Waals surface area contributed by atoms with Gasteiger partial charge in [-0.1, -0.05) is 42.5 Å². The number of nitrogens with zero attached hydrogens (tertiary/aromatic N) is 1. The number of nitrogens with one attached hydrogen (secondary N) is 2. The highest BCUT2D eigenvalue weighted by Crippen LogP contribution is 2.29. The number of carbonyl (C=O) groups is 2. The predicted molar refractivity (Wildman–Crippen MR) is 141 cm³/mol. The van der Waals surface area contributed by atoms with E-state index in [-0.39, 0.29) is 18.4 Å². The zero-order valence-corrected chi connectivity index (χ0v) is 20.4. The first kappa shape index (κ1) is 24.3. The molecule has 0 aliphatic heterocycles. The Hall–Kier alpha value is -4.36. The number of benzene rings is 3. The van der Waals surface area contributed by atoms with Crippen LogP contribution in [0.1, 0.15) is 34.5 Å². The van der Waals surface area contributed by atoms with Crippen LogP contribution in [0, 0.1) is 0 Å². The van der Waals surface area contributed by atoms with Crippen LogP contribution in [0.5, 0.6) is 11.5 Å². The van der Waals surface area contributed by atoms with Gasteiger partial charge in [0.05, 0.1) is 25.0 Å². The van der Waals surface area contributed by atoms with E-state index in [1.807, 2.05) is 95.9 Å². The second-order valence-electron chi connectivity index (χ2n) is 9.13. The van der Waals surface area contributed by atoms with Gasteiger partial charge in [0, 0.05) is 18.2 Å². The fourth-order valence-corrected chi connectivity index (χ4v) is 3.97. The summed E-state index contributed by atoms with van der Waals surface area (Å²) < 4.78 is 11.5. The lowest BCUT2D eigenvalue weighted by Gasteiger charge is -2.21. The Morgan fingerprint density at radius 3 is 2.35 bits per heavy atom. The molecule has 0 radical (unpaired) electrons. The first-order valence-corrected chi connectivity index (χ1v) is 12.4. The van der Waals surface area contributed by atoms with Crippen molar-refractivity contribution >= 4 is 17.5 Å². The van der Waals surface area contributed by atoms with Crippen LogP contribution in [0.4, 0.5) is 5.69 Å². The van der Waals surface area contributed by atoms with Crippen LogP contribution in [0.2, 0.25) is 0 Å². The number of anilines is 1. The van der Waals surface area contributed by atoms with Gasteiger partial charge in [-0.25, -0.2) is 0 Å². The van der Waals surface area contributed by atoms with Crippen molar-refractivity contribution in [2.45, 2.75) is 32.0 Å². The zero-order valence-electron chi connectivity index (χ0n) is 20.4. The third-order valence-electron chi connectivity index (χ3n) is 5.99. The van der Waals surface area contributed by atoms with Gasteiger partial charge >= 0.3 is 0 Å². The van der Waals surface area contributed by atoms with E-state index in [0.29, 0.717) is 41.9 Å². The molecule has 1 aliphatic rings. The molecular weight excluding hydrogens is 466 g/mol. The van der Waals surface area contributed by atoms with Gasteiger partial charge in [0.2, 0.25) is 5.91 Å². The van der Waals surface area contributed by atoms with Crippen LogP contribution in [0.15, 0.2) is 102 Å². The lowest BCUT2D eigenvalue weighted by atomic mass is 10.1. The fraction of sp³-hybridized carbons (Fsp3) is 0.200. The van der Waals surface area contributed by atoms with Crippen LogP contribution in [-0.4, -0.2) is 29.3 Å². The SMILES string of the molecule is O=C(CN(Cc1ccc(C(=O)NC2CC2)cc1)Cc1ccco1)Nc1ccccc1Oc1ccccc1. The van der Waals surface area contributed by atoms with Crippen molar-refractivity contribution < 1.29 is 18.7 Å². The molecule has 7 heteroatoms. The monoisotopic (exact) mass is 495 g/mol. The highest BCUT2D eigenvalue weighted by molar-refractivity contribution is 5.95. The van der Waals surface area contributed by atoms with E-state index >= 15 is 0 Å². The van der Waals surface area contributed by atoms with Crippen molar-refractivity contribution in [3.63, 3.8) is 0 Å². The first-order chi connectivity index (χ1) is 18.1. The summed E-state index contributed by atoms with van der Waals surface area (Å²) in [6.07, 6.45) is 3.73. The molecule has 0 unspecified atom stereocenters. The molecule has 0 spiro atoms. The van der Waals surface area contributed by atoms with Gasteiger partial charge in [-0.3, -0.25) is 14.5 Å². The molecule has 1 aliphatic carbocycles. The van der Waals surface area contributed by atoms with Crippen molar-refractivity contribution in [1.82, 2.24) is 10.2 Å². The maximum Gasteiger partial charge on any atom is 0.251 e. The molecule has 4 aromatic rings. The van der Waals surface area contributed by atoms with Gasteiger partial charge < -0.3 is 19.8 Å². The van der Waals surface area contributed by atoms with E-state index in [1.54, 1.807) is 6.26 Å². The standard InChI is InChI=1S/C30H29N3O4/c34-29(32-27-10-4-5-11-28(27)37-25-7-2-1-3-8-25)21-33(20-26-9-6-18-36-26)19-22-12-14-23(15-13-22)30(35)31-24-16-17-24/h1-15,18,24H,16-17,19-21H2,(H,31,35)(H,32,34). The Morgan fingerprint density at radius 1 is 0.865 bits per heavy atom. The van der Waals surface area contributed by atoms with E-state index in [9.17, 15) is 9.59 Å². The van der Waals surface area contributed by atoms with Gasteiger partial charge in [-0.15, -0.1) is 0 Å². The van der Waals surface area contributed by atoms with Gasteiger partial charge in [-0.2, -0.15) is 0 Å². The Bertz CT molecular complexity index is 1320.